The number of benzene rings is 3. The second-order valence-electron chi connectivity index (χ2n) is 13.0. The highest BCUT2D eigenvalue weighted by Gasteiger charge is 2.46. The lowest BCUT2D eigenvalue weighted by Gasteiger charge is -2.27. The van der Waals surface area contributed by atoms with Crippen LogP contribution in [0.1, 0.15) is 76.8 Å². The number of methoxy groups -OCH3 is 2. The van der Waals surface area contributed by atoms with Gasteiger partial charge >= 0.3 is 0 Å². The van der Waals surface area contributed by atoms with Crippen LogP contribution >= 0.6 is 0 Å². The molecule has 1 atom stereocenters. The molecule has 1 saturated heterocycles. The first-order chi connectivity index (χ1) is 26.2. The number of unbranched alkanes of at least 4 members (excludes halogenated alkanes) is 3. The SMILES string of the molecule is COc1ccc(CCCc2cccc(OCC(=O)NCCCCCCNC(=O)COc3cccc4c3C(=O)N(C3CCC(=O)NC3=O)C4=O)c2)cc1OC. The number of nitrogens with one attached hydrogen (secondary N) is 3. The molecule has 0 radical (unpaired) electrons. The quantitative estimate of drug-likeness (QED) is 0.115. The Labute approximate surface area is 313 Å². The van der Waals surface area contributed by atoms with Gasteiger partial charge in [-0.1, -0.05) is 37.1 Å². The number of aryl methyl sites for hydroxylation is 2. The number of fused-ring (bicyclic) bond motifs is 1. The van der Waals surface area contributed by atoms with Gasteiger partial charge in [-0.05, 0) is 86.1 Å². The van der Waals surface area contributed by atoms with Crippen molar-refractivity contribution in [2.24, 2.45) is 0 Å². The Hall–Kier alpha value is -5.92. The Morgan fingerprint density at radius 3 is 2.07 bits per heavy atom. The monoisotopic (exact) mass is 742 g/mol. The van der Waals surface area contributed by atoms with Gasteiger partial charge in [0.25, 0.3) is 23.6 Å². The van der Waals surface area contributed by atoms with Crippen molar-refractivity contribution >= 4 is 35.4 Å². The summed E-state index contributed by atoms with van der Waals surface area (Å²) in [5.74, 6) is -0.960. The number of imide groups is 2. The molecule has 5 rings (SSSR count). The van der Waals surface area contributed by atoms with Crippen molar-refractivity contribution in [1.29, 1.82) is 0 Å². The second kappa shape index (κ2) is 19.2. The molecule has 54 heavy (non-hydrogen) atoms. The molecule has 286 valence electrons. The lowest BCUT2D eigenvalue weighted by molar-refractivity contribution is -0.136. The van der Waals surface area contributed by atoms with Gasteiger partial charge in [-0.25, -0.2) is 0 Å². The van der Waals surface area contributed by atoms with Gasteiger partial charge in [0, 0.05) is 19.5 Å². The average Bonchev–Trinajstić information content (AvgIpc) is 3.43. The lowest BCUT2D eigenvalue weighted by Crippen LogP contribution is -2.54. The molecule has 0 spiro atoms. The Morgan fingerprint density at radius 2 is 1.39 bits per heavy atom. The van der Waals surface area contributed by atoms with E-state index in [1.807, 2.05) is 42.5 Å². The first-order valence-electron chi connectivity index (χ1n) is 18.1. The van der Waals surface area contributed by atoms with Crippen LogP contribution in [0.2, 0.25) is 0 Å². The summed E-state index contributed by atoms with van der Waals surface area (Å²) >= 11 is 0. The van der Waals surface area contributed by atoms with Crippen molar-refractivity contribution in [2.45, 2.75) is 63.8 Å². The molecular weight excluding hydrogens is 696 g/mol. The minimum Gasteiger partial charge on any atom is -0.493 e. The van der Waals surface area contributed by atoms with Crippen LogP contribution in [0.5, 0.6) is 23.0 Å². The van der Waals surface area contributed by atoms with Crippen LogP contribution in [0.25, 0.3) is 0 Å². The van der Waals surface area contributed by atoms with Crippen LogP contribution in [0.15, 0.2) is 60.7 Å². The maximum Gasteiger partial charge on any atom is 0.266 e. The summed E-state index contributed by atoms with van der Waals surface area (Å²) in [7, 11) is 3.24. The highest BCUT2D eigenvalue weighted by Crippen LogP contribution is 2.33. The summed E-state index contributed by atoms with van der Waals surface area (Å²) in [5.41, 5.74) is 2.36. The number of hydrogen-bond donors (Lipinski definition) is 3. The maximum absolute atomic E-state index is 13.2. The number of amides is 6. The van der Waals surface area contributed by atoms with Gasteiger partial charge in [-0.3, -0.25) is 39.0 Å². The maximum atomic E-state index is 13.2. The first-order valence-corrected chi connectivity index (χ1v) is 18.1. The number of ether oxygens (including phenoxy) is 4. The van der Waals surface area contributed by atoms with E-state index in [1.54, 1.807) is 14.2 Å². The van der Waals surface area contributed by atoms with Crippen molar-refractivity contribution in [3.05, 3.63) is 82.9 Å². The van der Waals surface area contributed by atoms with Crippen LogP contribution in [0.3, 0.4) is 0 Å². The van der Waals surface area contributed by atoms with E-state index in [1.165, 1.54) is 23.8 Å². The highest BCUT2D eigenvalue weighted by molar-refractivity contribution is 6.24. The molecular formula is C40H46N4O10. The number of carbonyl (C=O) groups is 6. The van der Waals surface area contributed by atoms with Crippen molar-refractivity contribution in [2.75, 3.05) is 40.5 Å². The molecule has 0 aromatic heterocycles. The Balaban J connectivity index is 0.916. The lowest BCUT2D eigenvalue weighted by atomic mass is 10.0. The first kappa shape index (κ1) is 39.3. The van der Waals surface area contributed by atoms with Crippen LogP contribution in [0.4, 0.5) is 0 Å². The Morgan fingerprint density at radius 1 is 0.722 bits per heavy atom. The summed E-state index contributed by atoms with van der Waals surface area (Å²) in [4.78, 5) is 75.6. The van der Waals surface area contributed by atoms with Gasteiger partial charge in [0.2, 0.25) is 11.8 Å². The van der Waals surface area contributed by atoms with Gasteiger partial charge in [-0.15, -0.1) is 0 Å². The standard InChI is InChI=1S/C40H46N4O10/c1-51-31-18-16-27(23-33(31)52-2)11-7-10-26-12-8-13-28(22-26)53-24-35(46)41-20-5-3-4-6-21-42-36(47)25-54-32-15-9-14-29-37(32)40(50)44(39(29)49)30-17-19-34(45)43-38(30)48/h8-9,12-16,18,22-23,30H,3-7,10-11,17,19-21,24-25H2,1-2H3,(H,41,46)(H,42,47)(H,43,45,48). The van der Waals surface area contributed by atoms with E-state index >= 15 is 0 Å². The molecule has 3 aromatic carbocycles. The fourth-order valence-corrected chi connectivity index (χ4v) is 6.38. The Bertz CT molecular complexity index is 1860. The van der Waals surface area contributed by atoms with Gasteiger partial charge in [0.05, 0.1) is 25.3 Å². The van der Waals surface area contributed by atoms with Crippen LogP contribution in [-0.4, -0.2) is 86.9 Å². The minimum absolute atomic E-state index is 0.0116. The summed E-state index contributed by atoms with van der Waals surface area (Å²) in [6, 6.07) is 17.1. The third-order valence-electron chi connectivity index (χ3n) is 9.18. The number of nitrogens with zero attached hydrogens (tertiary/aromatic N) is 1. The van der Waals surface area contributed by atoms with Gasteiger partial charge in [-0.2, -0.15) is 0 Å². The third-order valence-corrected chi connectivity index (χ3v) is 9.18. The van der Waals surface area contributed by atoms with E-state index in [-0.39, 0.29) is 54.7 Å². The number of carbonyl (C=O) groups excluding carboxylic acids is 6. The fraction of sp³-hybridized carbons (Fsp3) is 0.400. The van der Waals surface area contributed by atoms with Crippen LogP contribution < -0.4 is 34.9 Å². The zero-order chi connectivity index (χ0) is 38.5. The third kappa shape index (κ3) is 10.4. The minimum atomic E-state index is -1.09. The summed E-state index contributed by atoms with van der Waals surface area (Å²) in [6.07, 6.45) is 5.95. The molecule has 3 aromatic rings. The molecule has 2 aliphatic rings. The fourth-order valence-electron chi connectivity index (χ4n) is 6.38. The van der Waals surface area contributed by atoms with E-state index in [2.05, 4.69) is 16.0 Å². The Kier molecular flexibility index (Phi) is 14.0. The molecule has 0 bridgehead atoms. The van der Waals surface area contributed by atoms with Crippen molar-refractivity contribution in [3.63, 3.8) is 0 Å². The summed E-state index contributed by atoms with van der Waals surface area (Å²) in [5, 5.41) is 7.81. The van der Waals surface area contributed by atoms with E-state index in [9.17, 15) is 28.8 Å². The van der Waals surface area contributed by atoms with E-state index < -0.39 is 29.7 Å². The smallest absolute Gasteiger partial charge is 0.266 e. The van der Waals surface area contributed by atoms with Crippen molar-refractivity contribution in [1.82, 2.24) is 20.9 Å². The van der Waals surface area contributed by atoms with Gasteiger partial charge in [0.15, 0.2) is 24.7 Å². The number of piperidine rings is 1. The van der Waals surface area contributed by atoms with Crippen LogP contribution in [-0.2, 0) is 32.0 Å². The topological polar surface area (TPSA) is 179 Å². The predicted molar refractivity (Wildman–Crippen MR) is 197 cm³/mol. The van der Waals surface area contributed by atoms with Crippen LogP contribution in [0, 0.1) is 0 Å². The van der Waals surface area contributed by atoms with Gasteiger partial charge < -0.3 is 29.6 Å². The zero-order valence-corrected chi connectivity index (χ0v) is 30.6. The molecule has 3 N–H and O–H groups in total. The summed E-state index contributed by atoms with van der Waals surface area (Å²) in [6.45, 7) is 0.500. The number of rotatable bonds is 20. The highest BCUT2D eigenvalue weighted by atomic mass is 16.5. The largest absolute Gasteiger partial charge is 0.493 e. The molecule has 0 saturated carbocycles. The normalized spacial score (nSPS) is 15.0. The molecule has 2 heterocycles. The molecule has 2 aliphatic heterocycles. The molecule has 0 aliphatic carbocycles. The van der Waals surface area contributed by atoms with E-state index in [0.717, 1.165) is 55.4 Å². The second-order valence-corrected chi connectivity index (χ2v) is 13.0. The molecule has 1 unspecified atom stereocenters. The van der Waals surface area contributed by atoms with E-state index in [4.69, 9.17) is 18.9 Å². The van der Waals surface area contributed by atoms with Gasteiger partial charge in [0.1, 0.15) is 17.5 Å². The van der Waals surface area contributed by atoms with E-state index in [0.29, 0.717) is 30.3 Å². The van der Waals surface area contributed by atoms with Crippen molar-refractivity contribution < 1.29 is 47.7 Å². The summed E-state index contributed by atoms with van der Waals surface area (Å²) < 4.78 is 22.0. The molecule has 6 amide bonds. The molecule has 14 nitrogen and oxygen atoms in total. The van der Waals surface area contributed by atoms with Crippen molar-refractivity contribution in [3.8, 4) is 23.0 Å². The number of hydrogen-bond acceptors (Lipinski definition) is 10. The molecule has 14 heteroatoms. The average molecular weight is 743 g/mol. The zero-order valence-electron chi connectivity index (χ0n) is 30.6. The predicted octanol–water partition coefficient (Wildman–Crippen LogP) is 3.53. The molecule has 1 fully saturated rings.